The van der Waals surface area contributed by atoms with Crippen LogP contribution in [0.4, 0.5) is 0 Å². The van der Waals surface area contributed by atoms with E-state index >= 15 is 0 Å². The first-order chi connectivity index (χ1) is 16.3. The number of benzene rings is 1. The number of nitrogens with zero attached hydrogens (tertiary/aromatic N) is 2. The molecule has 1 N–H and O–H groups in total. The lowest BCUT2D eigenvalue weighted by atomic mass is 9.95. The third kappa shape index (κ3) is 7.55. The Bertz CT molecular complexity index is 960. The second-order valence-corrected chi connectivity index (χ2v) is 9.18. The molecule has 2 heterocycles. The van der Waals surface area contributed by atoms with Gasteiger partial charge in [-0.1, -0.05) is 41.1 Å². The summed E-state index contributed by atoms with van der Waals surface area (Å²) in [6, 6.07) is 3.92. The van der Waals surface area contributed by atoms with Crippen LogP contribution >= 0.6 is 0 Å². The fraction of sp³-hybridized carbons (Fsp3) is 0.519. The highest BCUT2D eigenvalue weighted by Gasteiger charge is 2.21. The van der Waals surface area contributed by atoms with Crippen LogP contribution in [0.3, 0.4) is 0 Å². The Morgan fingerprint density at radius 1 is 1.18 bits per heavy atom. The molecule has 0 unspecified atom stereocenters. The topological polar surface area (TPSA) is 88.4 Å². The van der Waals surface area contributed by atoms with Crippen LogP contribution in [0.5, 0.6) is 0 Å². The van der Waals surface area contributed by atoms with Crippen molar-refractivity contribution in [2.45, 2.75) is 71.5 Å². The minimum absolute atomic E-state index is 0.0702. The van der Waals surface area contributed by atoms with Crippen molar-refractivity contribution in [3.8, 4) is 0 Å². The number of carbonyl (C=O) groups is 2. The third-order valence-electron chi connectivity index (χ3n) is 6.04. The number of rotatable bonds is 3. The molecule has 1 fully saturated rings. The number of ether oxygens (including phenoxy) is 1. The Balaban J connectivity index is 1.86. The lowest BCUT2D eigenvalue weighted by Crippen LogP contribution is -2.37. The van der Waals surface area contributed by atoms with Gasteiger partial charge in [-0.05, 0) is 63.7 Å². The van der Waals surface area contributed by atoms with Crippen molar-refractivity contribution in [3.05, 3.63) is 58.7 Å². The molecule has 0 radical (unpaired) electrons. The summed E-state index contributed by atoms with van der Waals surface area (Å²) in [4.78, 5) is 32.7. The Morgan fingerprint density at radius 2 is 1.94 bits per heavy atom. The first kappa shape index (κ1) is 25.7. The summed E-state index contributed by atoms with van der Waals surface area (Å²) in [6.45, 7) is 7.12. The number of aliphatic hydroxyl groups is 1. The average Bonchev–Trinajstić information content (AvgIpc) is 2.78. The molecule has 0 aliphatic carbocycles. The monoisotopic (exact) mass is 468 g/mol. The molecule has 0 bridgehead atoms. The summed E-state index contributed by atoms with van der Waals surface area (Å²) in [7, 11) is 0. The largest absolute Gasteiger partial charge is 0.459 e. The summed E-state index contributed by atoms with van der Waals surface area (Å²) in [6.07, 6.45) is 10.6. The van der Waals surface area contributed by atoms with E-state index in [1.807, 2.05) is 50.0 Å². The number of hydrogen-bond donors (Lipinski definition) is 1. The molecule has 184 valence electrons. The summed E-state index contributed by atoms with van der Waals surface area (Å²) < 4.78 is 5.68. The predicted octanol–water partition coefficient (Wildman–Crippen LogP) is 4.04. The van der Waals surface area contributed by atoms with E-state index < -0.39 is 6.10 Å². The number of carbonyl (C=O) groups excluding carboxylic acids is 2. The summed E-state index contributed by atoms with van der Waals surface area (Å²) >= 11 is 0. The number of cyclic esters (lactones) is 1. The highest BCUT2D eigenvalue weighted by molar-refractivity contribution is 6.00. The third-order valence-corrected chi connectivity index (χ3v) is 6.04. The van der Waals surface area contributed by atoms with Gasteiger partial charge in [-0.2, -0.15) is 0 Å². The van der Waals surface area contributed by atoms with E-state index in [-0.39, 0.29) is 24.6 Å². The molecule has 1 aromatic rings. The van der Waals surface area contributed by atoms with E-state index in [0.29, 0.717) is 30.5 Å². The van der Waals surface area contributed by atoms with E-state index in [9.17, 15) is 14.7 Å². The summed E-state index contributed by atoms with van der Waals surface area (Å²) in [5.74, 6) is -0.449. The summed E-state index contributed by atoms with van der Waals surface area (Å²) in [5, 5.41) is 14.4. The Labute approximate surface area is 202 Å². The van der Waals surface area contributed by atoms with Crippen LogP contribution in [0.2, 0.25) is 0 Å². The smallest absolute Gasteiger partial charge is 0.338 e. The Kier molecular flexibility index (Phi) is 9.45. The van der Waals surface area contributed by atoms with Crippen molar-refractivity contribution in [2.75, 3.05) is 19.7 Å². The summed E-state index contributed by atoms with van der Waals surface area (Å²) in [5.41, 5.74) is 3.75. The number of esters is 1. The standard InChI is InChI=1S/C27H36N2O5/c1-19-15-20(2)26-22(16-19)17-23(28-33-18-25(31)29-13-5-4-6-14-29)10-8-12-24(30)11-7-9-21(3)34-27(26)32/h7-8,10-11,15-16,21,24,30H,4-6,9,12-14,17-18H2,1-3H3/b10-8+,11-7+,28-23-/t21-,24-/m1/s1. The molecular weight excluding hydrogens is 432 g/mol. The first-order valence-corrected chi connectivity index (χ1v) is 12.1. The number of oxime groups is 1. The molecule has 1 aromatic carbocycles. The molecular formula is C27H36N2O5. The van der Waals surface area contributed by atoms with Gasteiger partial charge in [0, 0.05) is 25.9 Å². The lowest BCUT2D eigenvalue weighted by Gasteiger charge is -2.26. The van der Waals surface area contributed by atoms with Crippen molar-refractivity contribution in [3.63, 3.8) is 0 Å². The quantitative estimate of drug-likeness (QED) is 0.411. The average molecular weight is 469 g/mol. The molecule has 0 spiro atoms. The Morgan fingerprint density at radius 3 is 2.71 bits per heavy atom. The zero-order chi connectivity index (χ0) is 24.5. The minimum atomic E-state index is -0.651. The maximum absolute atomic E-state index is 13.0. The van der Waals surface area contributed by atoms with E-state index in [2.05, 4.69) is 5.16 Å². The molecule has 0 saturated carbocycles. The maximum Gasteiger partial charge on any atom is 0.338 e. The van der Waals surface area contributed by atoms with Gasteiger partial charge in [0.1, 0.15) is 6.10 Å². The van der Waals surface area contributed by atoms with Crippen molar-refractivity contribution >= 4 is 17.6 Å². The van der Waals surface area contributed by atoms with E-state index in [1.165, 1.54) is 0 Å². The van der Waals surface area contributed by atoms with Gasteiger partial charge in [0.15, 0.2) is 6.61 Å². The maximum atomic E-state index is 13.0. The number of aryl methyl sites for hydroxylation is 2. The molecule has 1 amide bonds. The second-order valence-electron chi connectivity index (χ2n) is 9.18. The normalized spacial score (nSPS) is 25.1. The fourth-order valence-electron chi connectivity index (χ4n) is 4.35. The van der Waals surface area contributed by atoms with E-state index in [1.54, 1.807) is 12.2 Å². The van der Waals surface area contributed by atoms with E-state index in [0.717, 1.165) is 49.0 Å². The molecule has 0 aromatic heterocycles. The van der Waals surface area contributed by atoms with Crippen LogP contribution in [0.15, 0.2) is 41.6 Å². The molecule has 7 heteroatoms. The highest BCUT2D eigenvalue weighted by atomic mass is 16.6. The minimum Gasteiger partial charge on any atom is -0.459 e. The fourth-order valence-corrected chi connectivity index (χ4v) is 4.35. The van der Waals surface area contributed by atoms with Gasteiger partial charge >= 0.3 is 5.97 Å². The van der Waals surface area contributed by atoms with Crippen LogP contribution in [0.1, 0.15) is 66.1 Å². The molecule has 2 aliphatic rings. The van der Waals surface area contributed by atoms with Gasteiger partial charge in [-0.25, -0.2) is 4.79 Å². The molecule has 2 aliphatic heterocycles. The molecule has 2 atom stereocenters. The number of aliphatic hydroxyl groups excluding tert-OH is 1. The van der Waals surface area contributed by atoms with Crippen molar-refractivity contribution in [2.24, 2.45) is 5.16 Å². The van der Waals surface area contributed by atoms with E-state index in [4.69, 9.17) is 9.57 Å². The number of likely N-dealkylation sites (tertiary alicyclic amines) is 1. The van der Waals surface area contributed by atoms with Gasteiger partial charge in [-0.3, -0.25) is 4.79 Å². The second kappa shape index (κ2) is 12.5. The van der Waals surface area contributed by atoms with Crippen molar-refractivity contribution < 1.29 is 24.3 Å². The number of amides is 1. The van der Waals surface area contributed by atoms with Crippen LogP contribution < -0.4 is 0 Å². The number of hydrogen-bond acceptors (Lipinski definition) is 6. The van der Waals surface area contributed by atoms with Crippen LogP contribution in [-0.2, 0) is 20.8 Å². The predicted molar refractivity (Wildman–Crippen MR) is 132 cm³/mol. The van der Waals surface area contributed by atoms with Crippen LogP contribution in [0, 0.1) is 13.8 Å². The number of allylic oxidation sites excluding steroid dienone is 1. The number of fused-ring (bicyclic) bond motifs is 1. The molecule has 3 rings (SSSR count). The van der Waals surface area contributed by atoms with Gasteiger partial charge in [0.2, 0.25) is 0 Å². The van der Waals surface area contributed by atoms with Crippen LogP contribution in [-0.4, -0.2) is 59.5 Å². The van der Waals surface area contributed by atoms with Crippen molar-refractivity contribution in [1.29, 1.82) is 0 Å². The Hall–Kier alpha value is -2.93. The lowest BCUT2D eigenvalue weighted by molar-refractivity contribution is -0.137. The van der Waals surface area contributed by atoms with Gasteiger partial charge in [-0.15, -0.1) is 0 Å². The highest BCUT2D eigenvalue weighted by Crippen LogP contribution is 2.21. The zero-order valence-electron chi connectivity index (χ0n) is 20.5. The molecule has 7 nitrogen and oxygen atoms in total. The van der Waals surface area contributed by atoms with Gasteiger partial charge in [0.25, 0.3) is 5.91 Å². The number of piperidine rings is 1. The van der Waals surface area contributed by atoms with Gasteiger partial charge in [0.05, 0.1) is 17.4 Å². The van der Waals surface area contributed by atoms with Gasteiger partial charge < -0.3 is 19.6 Å². The van der Waals surface area contributed by atoms with Crippen molar-refractivity contribution in [1.82, 2.24) is 4.90 Å². The molecule has 1 saturated heterocycles. The van der Waals surface area contributed by atoms with Crippen LogP contribution in [0.25, 0.3) is 0 Å². The zero-order valence-corrected chi connectivity index (χ0v) is 20.5. The SMILES string of the molecule is Cc1cc(C)c2c(c1)CC(=N\OCC(=O)N1CCCCC1)/C=C/C[C@H](O)/C=C/C[C@@H](C)OC2=O. The first-order valence-electron chi connectivity index (χ1n) is 12.1. The molecule has 34 heavy (non-hydrogen) atoms.